The Kier molecular flexibility index (Phi) is 4.49. The summed E-state index contributed by atoms with van der Waals surface area (Å²) in [5.41, 5.74) is 0.891. The number of benzene rings is 1. The molecule has 1 unspecified atom stereocenters. The number of hydrogen-bond donors (Lipinski definition) is 0. The van der Waals surface area contributed by atoms with Crippen molar-refractivity contribution in [2.75, 3.05) is 7.11 Å². The number of methoxy groups -OCH3 is 1. The largest absolute Gasteiger partial charge is 0.496 e. The number of carbonyl (C=O) groups is 1. The van der Waals surface area contributed by atoms with Gasteiger partial charge in [0.1, 0.15) is 5.75 Å². The maximum atomic E-state index is 12.4. The Morgan fingerprint density at radius 3 is 2.75 bits per heavy atom. The molecule has 100 valence electrons. The van der Waals surface area contributed by atoms with Gasteiger partial charge in [0.15, 0.2) is 11.7 Å². The van der Waals surface area contributed by atoms with Crippen LogP contribution in [0.1, 0.15) is 22.0 Å². The molecule has 0 radical (unpaired) electrons. The molecular weight excluding hydrogens is 320 g/mol. The first-order valence-corrected chi connectivity index (χ1v) is 6.65. The van der Waals surface area contributed by atoms with Crippen molar-refractivity contribution in [2.24, 2.45) is 0 Å². The van der Waals surface area contributed by atoms with E-state index in [4.69, 9.17) is 4.74 Å². The number of ketones is 1. The molecule has 4 nitrogen and oxygen atoms in total. The fraction of sp³-hybridized carbons (Fsp3) is 0.133. The van der Waals surface area contributed by atoms with E-state index in [0.29, 0.717) is 21.5 Å². The molecule has 0 fully saturated rings. The number of halogens is 1. The van der Waals surface area contributed by atoms with Gasteiger partial charge in [0.05, 0.1) is 23.3 Å². The van der Waals surface area contributed by atoms with Gasteiger partial charge in [-0.25, -0.2) is 0 Å². The number of rotatable bonds is 4. The average molecular weight is 331 g/mol. The van der Waals surface area contributed by atoms with Crippen LogP contribution >= 0.6 is 15.9 Å². The van der Waals surface area contributed by atoms with Crippen LogP contribution in [0.4, 0.5) is 0 Å². The van der Waals surface area contributed by atoms with Crippen LogP contribution in [0.5, 0.6) is 5.75 Å². The lowest BCUT2D eigenvalue weighted by atomic mass is 9.95. The third-order valence-electron chi connectivity index (χ3n) is 2.81. The van der Waals surface area contributed by atoms with Crippen LogP contribution in [0.15, 0.2) is 47.1 Å². The summed E-state index contributed by atoms with van der Waals surface area (Å²) in [6, 6.07) is 12.1. The van der Waals surface area contributed by atoms with Crippen molar-refractivity contribution in [2.45, 2.75) is 5.92 Å². The molecule has 0 aliphatic rings. The van der Waals surface area contributed by atoms with Crippen molar-refractivity contribution in [3.8, 4) is 11.8 Å². The molecule has 2 aromatic rings. The molecular formula is C15H11BrN2O2. The zero-order valence-electron chi connectivity index (χ0n) is 10.7. The van der Waals surface area contributed by atoms with Crippen molar-refractivity contribution >= 4 is 21.7 Å². The molecule has 1 aromatic heterocycles. The number of pyridine rings is 1. The summed E-state index contributed by atoms with van der Waals surface area (Å²) in [7, 11) is 1.55. The lowest BCUT2D eigenvalue weighted by Crippen LogP contribution is -2.12. The summed E-state index contributed by atoms with van der Waals surface area (Å²) in [6.45, 7) is 0. The molecule has 1 heterocycles. The van der Waals surface area contributed by atoms with Crippen LogP contribution < -0.4 is 4.74 Å². The predicted octanol–water partition coefficient (Wildman–Crippen LogP) is 3.34. The second kappa shape index (κ2) is 6.31. The molecule has 0 aliphatic carbocycles. The lowest BCUT2D eigenvalue weighted by Gasteiger charge is -2.09. The van der Waals surface area contributed by atoms with Crippen molar-refractivity contribution in [3.05, 3.63) is 58.3 Å². The number of carbonyl (C=O) groups excluding carboxylic acids is 1. The molecule has 0 saturated heterocycles. The third kappa shape index (κ3) is 2.86. The van der Waals surface area contributed by atoms with Crippen LogP contribution in [-0.4, -0.2) is 17.9 Å². The van der Waals surface area contributed by atoms with Crippen LogP contribution in [0.2, 0.25) is 0 Å². The van der Waals surface area contributed by atoms with Crippen molar-refractivity contribution in [3.63, 3.8) is 0 Å². The summed E-state index contributed by atoms with van der Waals surface area (Å²) in [4.78, 5) is 16.5. The smallest absolute Gasteiger partial charge is 0.186 e. The number of hydrogen-bond acceptors (Lipinski definition) is 4. The molecule has 5 heteroatoms. The van der Waals surface area contributed by atoms with Crippen LogP contribution in [0, 0.1) is 11.3 Å². The number of ether oxygens (including phenoxy) is 1. The Morgan fingerprint density at radius 1 is 1.40 bits per heavy atom. The van der Waals surface area contributed by atoms with Gasteiger partial charge < -0.3 is 4.74 Å². The Labute approximate surface area is 125 Å². The fourth-order valence-corrected chi connectivity index (χ4v) is 2.33. The highest BCUT2D eigenvalue weighted by Crippen LogP contribution is 2.28. The second-order valence-corrected chi connectivity index (χ2v) is 4.88. The van der Waals surface area contributed by atoms with Crippen LogP contribution in [-0.2, 0) is 0 Å². The Morgan fingerprint density at radius 2 is 2.20 bits per heavy atom. The molecule has 0 aliphatic heterocycles. The fourth-order valence-electron chi connectivity index (χ4n) is 1.79. The zero-order valence-corrected chi connectivity index (χ0v) is 12.3. The average Bonchev–Trinajstić information content (AvgIpc) is 2.49. The molecule has 20 heavy (non-hydrogen) atoms. The maximum absolute atomic E-state index is 12.4. The molecule has 0 saturated carbocycles. The summed E-state index contributed by atoms with van der Waals surface area (Å²) < 4.78 is 5.79. The van der Waals surface area contributed by atoms with Gasteiger partial charge in [-0.3, -0.25) is 9.78 Å². The minimum atomic E-state index is -0.906. The molecule has 2 rings (SSSR count). The standard InChI is InChI=1S/C15H11BrN2O2/c1-20-14-6-5-10(8-12(14)16)15(19)11(9-17)13-4-2-3-7-18-13/h2-8,11H,1H3. The summed E-state index contributed by atoms with van der Waals surface area (Å²) >= 11 is 3.33. The SMILES string of the molecule is COc1ccc(C(=O)C(C#N)c2ccccn2)cc1Br. The van der Waals surface area contributed by atoms with Gasteiger partial charge >= 0.3 is 0 Å². The number of nitrogens with zero attached hydrogens (tertiary/aromatic N) is 2. The van der Waals surface area contributed by atoms with Gasteiger partial charge in [0.25, 0.3) is 0 Å². The van der Waals surface area contributed by atoms with Crippen LogP contribution in [0.25, 0.3) is 0 Å². The first kappa shape index (κ1) is 14.2. The number of nitriles is 1. The second-order valence-electron chi connectivity index (χ2n) is 4.03. The van der Waals surface area contributed by atoms with E-state index in [0.717, 1.165) is 0 Å². The van der Waals surface area contributed by atoms with Gasteiger partial charge in [-0.1, -0.05) is 6.07 Å². The van der Waals surface area contributed by atoms with Gasteiger partial charge in [-0.15, -0.1) is 0 Å². The highest BCUT2D eigenvalue weighted by molar-refractivity contribution is 9.10. The molecule has 0 bridgehead atoms. The molecule has 1 atom stereocenters. The van der Waals surface area contributed by atoms with E-state index in [-0.39, 0.29) is 5.78 Å². The highest BCUT2D eigenvalue weighted by atomic mass is 79.9. The van der Waals surface area contributed by atoms with Gasteiger partial charge in [0, 0.05) is 11.8 Å². The van der Waals surface area contributed by atoms with E-state index in [1.165, 1.54) is 0 Å². The van der Waals surface area contributed by atoms with Gasteiger partial charge in [0.2, 0.25) is 0 Å². The lowest BCUT2D eigenvalue weighted by molar-refractivity contribution is 0.0977. The topological polar surface area (TPSA) is 63.0 Å². The number of Topliss-reactive ketones (excluding diaryl/α,β-unsaturated/α-hetero) is 1. The van der Waals surface area contributed by atoms with Crippen LogP contribution in [0.3, 0.4) is 0 Å². The van der Waals surface area contributed by atoms with Gasteiger partial charge in [-0.05, 0) is 46.3 Å². The van der Waals surface area contributed by atoms with E-state index >= 15 is 0 Å². The predicted molar refractivity (Wildman–Crippen MR) is 77.6 cm³/mol. The minimum absolute atomic E-state index is 0.283. The first-order valence-electron chi connectivity index (χ1n) is 5.85. The Balaban J connectivity index is 2.35. The van der Waals surface area contributed by atoms with E-state index in [2.05, 4.69) is 20.9 Å². The first-order chi connectivity index (χ1) is 9.67. The third-order valence-corrected chi connectivity index (χ3v) is 3.43. The Bertz CT molecular complexity index is 665. The van der Waals surface area contributed by atoms with Crippen molar-refractivity contribution in [1.29, 1.82) is 5.26 Å². The molecule has 0 N–H and O–H groups in total. The zero-order chi connectivity index (χ0) is 14.5. The molecule has 0 spiro atoms. The monoisotopic (exact) mass is 330 g/mol. The summed E-state index contributed by atoms with van der Waals surface area (Å²) in [5.74, 6) is -0.557. The quantitative estimate of drug-likeness (QED) is 0.806. The molecule has 1 aromatic carbocycles. The highest BCUT2D eigenvalue weighted by Gasteiger charge is 2.23. The Hall–Kier alpha value is -2.19. The number of aromatic nitrogens is 1. The summed E-state index contributed by atoms with van der Waals surface area (Å²) in [5, 5.41) is 9.23. The van der Waals surface area contributed by atoms with Crippen molar-refractivity contribution in [1.82, 2.24) is 4.98 Å². The maximum Gasteiger partial charge on any atom is 0.186 e. The van der Waals surface area contributed by atoms with E-state index in [1.54, 1.807) is 49.7 Å². The van der Waals surface area contributed by atoms with E-state index in [9.17, 15) is 10.1 Å². The van der Waals surface area contributed by atoms with E-state index < -0.39 is 5.92 Å². The summed E-state index contributed by atoms with van der Waals surface area (Å²) in [6.07, 6.45) is 1.57. The van der Waals surface area contributed by atoms with Crippen molar-refractivity contribution < 1.29 is 9.53 Å². The normalized spacial score (nSPS) is 11.4. The molecule has 0 amide bonds. The minimum Gasteiger partial charge on any atom is -0.496 e. The van der Waals surface area contributed by atoms with Gasteiger partial charge in [-0.2, -0.15) is 5.26 Å². The van der Waals surface area contributed by atoms with E-state index in [1.807, 2.05) is 6.07 Å².